The van der Waals surface area contributed by atoms with E-state index in [2.05, 4.69) is 6.58 Å². The quantitative estimate of drug-likeness (QED) is 0.102. The molecule has 0 saturated carbocycles. The molecule has 0 aliphatic carbocycles. The van der Waals surface area contributed by atoms with Gasteiger partial charge in [-0.1, -0.05) is 24.3 Å². The third-order valence-electron chi connectivity index (χ3n) is 8.01. The summed E-state index contributed by atoms with van der Waals surface area (Å²) >= 11 is 6.97. The Hall–Kier alpha value is -3.14. The first kappa shape index (κ1) is 36.7. The predicted molar refractivity (Wildman–Crippen MR) is 171 cm³/mol. The van der Waals surface area contributed by atoms with Crippen LogP contribution in [0.25, 0.3) is 6.08 Å². The second kappa shape index (κ2) is 15.8. The fourth-order valence-electron chi connectivity index (χ4n) is 5.66. The molecule has 3 heterocycles. The average Bonchev–Trinajstić information content (AvgIpc) is 3.02. The maximum absolute atomic E-state index is 14.6. The van der Waals surface area contributed by atoms with Gasteiger partial charge in [0.2, 0.25) is 5.91 Å². The van der Waals surface area contributed by atoms with Gasteiger partial charge in [-0.3, -0.25) is 25.0 Å². The second-order valence-corrected chi connectivity index (χ2v) is 12.6. The number of amidine groups is 1. The van der Waals surface area contributed by atoms with Crippen molar-refractivity contribution in [3.63, 3.8) is 0 Å². The molecule has 1 atom stereocenters. The maximum Gasteiger partial charge on any atom is 0.417 e. The molecule has 2 saturated heterocycles. The number of hydrogen-bond acceptors (Lipinski definition) is 6. The Morgan fingerprint density at radius 2 is 1.85 bits per heavy atom. The van der Waals surface area contributed by atoms with Crippen LogP contribution in [0.1, 0.15) is 23.6 Å². The van der Waals surface area contributed by atoms with Crippen LogP contribution in [0.2, 0.25) is 0 Å². The van der Waals surface area contributed by atoms with Crippen LogP contribution in [0.15, 0.2) is 58.0 Å². The van der Waals surface area contributed by atoms with E-state index >= 15 is 0 Å². The molecule has 1 aromatic carbocycles. The van der Waals surface area contributed by atoms with E-state index in [0.717, 1.165) is 30.0 Å². The number of alkyl halides is 5. The Bertz CT molecular complexity index is 1490. The number of piperazine rings is 2. The van der Waals surface area contributed by atoms with Gasteiger partial charge in [0.05, 0.1) is 29.2 Å². The van der Waals surface area contributed by atoms with Crippen molar-refractivity contribution in [2.24, 2.45) is 4.99 Å². The zero-order valence-corrected chi connectivity index (χ0v) is 27.0. The molecule has 47 heavy (non-hydrogen) atoms. The van der Waals surface area contributed by atoms with E-state index in [1.54, 1.807) is 21.6 Å². The molecule has 0 bridgehead atoms. The number of carbonyl (C=O) groups is 1. The molecule has 1 N–H and O–H groups in total. The first-order valence-electron chi connectivity index (χ1n) is 14.7. The zero-order valence-electron chi connectivity index (χ0n) is 25.5. The number of halogens is 8. The van der Waals surface area contributed by atoms with E-state index in [4.69, 9.17) is 22.0 Å². The van der Waals surface area contributed by atoms with Crippen molar-refractivity contribution in [1.29, 1.82) is 5.41 Å². The van der Waals surface area contributed by atoms with Crippen molar-refractivity contribution in [3.05, 3.63) is 64.8 Å². The van der Waals surface area contributed by atoms with Gasteiger partial charge in [0, 0.05) is 92.0 Å². The van der Waals surface area contributed by atoms with Gasteiger partial charge in [-0.05, 0) is 25.1 Å². The van der Waals surface area contributed by atoms with Crippen molar-refractivity contribution < 1.29 is 35.5 Å². The van der Waals surface area contributed by atoms with E-state index in [-0.39, 0.29) is 71.7 Å². The highest BCUT2D eigenvalue weighted by Gasteiger charge is 2.39. The van der Waals surface area contributed by atoms with Crippen molar-refractivity contribution in [2.45, 2.75) is 30.5 Å². The molecule has 16 heteroatoms. The van der Waals surface area contributed by atoms with Crippen LogP contribution < -0.4 is 0 Å². The Labute approximate surface area is 277 Å². The van der Waals surface area contributed by atoms with Gasteiger partial charge in [-0.15, -0.1) is 11.8 Å². The summed E-state index contributed by atoms with van der Waals surface area (Å²) in [5.41, 5.74) is -0.736. The molecule has 3 aliphatic rings. The summed E-state index contributed by atoms with van der Waals surface area (Å²) < 4.78 is 96.0. The number of carbonyl (C=O) groups excluding carboxylic acids is 1. The van der Waals surface area contributed by atoms with Gasteiger partial charge >= 0.3 is 6.18 Å². The number of nitrogens with zero attached hydrogens (tertiary/aromatic N) is 5. The molecule has 0 radical (unpaired) electrons. The molecule has 2 fully saturated rings. The summed E-state index contributed by atoms with van der Waals surface area (Å²) in [6.07, 6.45) is -3.90. The van der Waals surface area contributed by atoms with E-state index in [9.17, 15) is 35.5 Å². The van der Waals surface area contributed by atoms with Gasteiger partial charge in [0.1, 0.15) is 11.7 Å². The summed E-state index contributed by atoms with van der Waals surface area (Å²) in [5, 5.41) is 8.48. The van der Waals surface area contributed by atoms with Crippen molar-refractivity contribution in [2.75, 3.05) is 64.7 Å². The lowest BCUT2D eigenvalue weighted by atomic mass is 9.98. The number of rotatable bonds is 9. The average molecular weight is 707 g/mol. The van der Waals surface area contributed by atoms with Crippen LogP contribution in [0, 0.1) is 5.41 Å². The molecule has 1 amide bonds. The molecule has 0 aromatic heterocycles. The Morgan fingerprint density at radius 1 is 1.17 bits per heavy atom. The summed E-state index contributed by atoms with van der Waals surface area (Å²) in [5.74, 6) is -1.47. The van der Waals surface area contributed by atoms with Crippen LogP contribution in [-0.2, 0) is 11.0 Å². The van der Waals surface area contributed by atoms with E-state index < -0.39 is 35.1 Å². The maximum atomic E-state index is 14.6. The zero-order chi connectivity index (χ0) is 34.5. The monoisotopic (exact) mass is 706 g/mol. The van der Waals surface area contributed by atoms with Crippen LogP contribution in [-0.4, -0.2) is 114 Å². The number of benzene rings is 1. The van der Waals surface area contributed by atoms with Gasteiger partial charge < -0.3 is 9.80 Å². The summed E-state index contributed by atoms with van der Waals surface area (Å²) in [6.45, 7) is 7.81. The molecule has 1 aromatic rings. The van der Waals surface area contributed by atoms with Gasteiger partial charge in [-0.25, -0.2) is 17.6 Å². The number of allylic oxidation sites excluding steroid dienone is 4. The van der Waals surface area contributed by atoms with Crippen molar-refractivity contribution in [1.82, 2.24) is 19.6 Å². The Morgan fingerprint density at radius 3 is 2.45 bits per heavy atom. The van der Waals surface area contributed by atoms with Gasteiger partial charge in [-0.2, -0.15) is 13.2 Å². The lowest BCUT2D eigenvalue weighted by Crippen LogP contribution is -2.55. The normalized spacial score (nSPS) is 20.6. The first-order valence-corrected chi connectivity index (χ1v) is 16.1. The van der Waals surface area contributed by atoms with Crippen LogP contribution in [0.5, 0.6) is 0 Å². The van der Waals surface area contributed by atoms with Gasteiger partial charge in [0.25, 0.3) is 6.43 Å². The second-order valence-electron chi connectivity index (χ2n) is 11.2. The number of thioether (sulfide) groups is 1. The standard InChI is InChI=1S/C31H34ClF7N6OS/c1-3-27(46)44-12-13-45(19(2)15-44)30(40)22-14-23(31(37,38)39)21(4-5-24(32)25(34)6-7-33)29-28(22)41-20(18-47-29)16-42-8-10-43(11-9-42)17-26(35)36/h3-7,14,19,26,40H,1,8-13,15-18H2,2H3/b5-4+,7-6+,25-24-,40-30?/t19-/m0/s1. The number of hydrogen-bond donors (Lipinski definition) is 1. The molecule has 7 nitrogen and oxygen atoms in total. The molecule has 256 valence electrons. The summed E-state index contributed by atoms with van der Waals surface area (Å²) in [4.78, 5) is 23.9. The lowest BCUT2D eigenvalue weighted by Gasteiger charge is -2.41. The van der Waals surface area contributed by atoms with Crippen molar-refractivity contribution in [3.8, 4) is 0 Å². The molecule has 3 aliphatic heterocycles. The fourth-order valence-corrected chi connectivity index (χ4v) is 6.87. The van der Waals surface area contributed by atoms with E-state index in [1.807, 2.05) is 4.90 Å². The van der Waals surface area contributed by atoms with Gasteiger partial charge in [0.15, 0.2) is 0 Å². The van der Waals surface area contributed by atoms with Crippen LogP contribution in [0.3, 0.4) is 0 Å². The molecule has 0 unspecified atom stereocenters. The highest BCUT2D eigenvalue weighted by molar-refractivity contribution is 8.00. The molecule has 4 rings (SSSR count). The number of fused-ring (bicyclic) bond motifs is 1. The topological polar surface area (TPSA) is 66.2 Å². The lowest BCUT2D eigenvalue weighted by molar-refractivity contribution is -0.138. The smallest absolute Gasteiger partial charge is 0.350 e. The third kappa shape index (κ3) is 9.06. The molecular weight excluding hydrogens is 673 g/mol. The number of amides is 1. The molecule has 0 spiro atoms. The van der Waals surface area contributed by atoms with E-state index in [0.29, 0.717) is 44.5 Å². The van der Waals surface area contributed by atoms with Crippen LogP contribution >= 0.6 is 23.4 Å². The largest absolute Gasteiger partial charge is 0.417 e. The highest BCUT2D eigenvalue weighted by atomic mass is 35.5. The third-order valence-corrected chi connectivity index (χ3v) is 9.50. The molecular formula is C31H34ClF7N6OS. The van der Waals surface area contributed by atoms with E-state index in [1.165, 1.54) is 6.08 Å². The Kier molecular flexibility index (Phi) is 12.4. The minimum atomic E-state index is -4.89. The summed E-state index contributed by atoms with van der Waals surface area (Å²) in [7, 11) is 0. The minimum Gasteiger partial charge on any atom is -0.350 e. The SMILES string of the molecule is C=CC(=O)N1CCN(C(=N)c2cc(C(F)(F)F)c(/C=C/C(Cl)=C(F)\C=C\F)c3c2N=C(CN2CCN(CC(F)F)CC2)CS3)[C@@H](C)C1. The fraction of sp³-hybridized carbons (Fsp3) is 0.452. The summed E-state index contributed by atoms with van der Waals surface area (Å²) in [6, 6.07) is 0.435. The minimum absolute atomic E-state index is 0.0699. The predicted octanol–water partition coefficient (Wildman–Crippen LogP) is 6.73. The number of aliphatic imine (C=N–C) groups is 1. The highest BCUT2D eigenvalue weighted by Crippen LogP contribution is 2.47. The van der Waals surface area contributed by atoms with Crippen LogP contribution in [0.4, 0.5) is 36.4 Å². The Balaban J connectivity index is 1.77. The number of nitrogens with one attached hydrogen (secondary N) is 1. The van der Waals surface area contributed by atoms with Crippen molar-refractivity contribution >= 4 is 52.6 Å². The first-order chi connectivity index (χ1) is 22.2.